The predicted molar refractivity (Wildman–Crippen MR) is 62.9 cm³/mol. The maximum atomic E-state index is 10.2. The van der Waals surface area contributed by atoms with E-state index >= 15 is 0 Å². The smallest absolute Gasteiger partial charge is 0.293 e. The normalized spacial score (nSPS) is 30.5. The number of aliphatic hydroxyl groups is 5. The number of hydrogen-bond acceptors (Lipinski definition) is 8. The Morgan fingerprint density at radius 1 is 1.28 bits per heavy atom. The zero-order chi connectivity index (χ0) is 13.7. The number of aliphatic hydroxyl groups excluding tert-OH is 5. The van der Waals surface area contributed by atoms with E-state index in [0.717, 1.165) is 0 Å². The molecule has 1 aliphatic rings. The molecule has 0 amide bonds. The Morgan fingerprint density at radius 3 is 2.50 bits per heavy atom. The number of thioether (sulfide) groups is 1. The van der Waals surface area contributed by atoms with Crippen molar-refractivity contribution >= 4 is 18.2 Å². The Balaban J connectivity index is 2.49. The Kier molecular flexibility index (Phi) is 6.33. The van der Waals surface area contributed by atoms with Crippen LogP contribution in [0.5, 0.6) is 0 Å². The lowest BCUT2D eigenvalue weighted by Crippen LogP contribution is -2.49. The van der Waals surface area contributed by atoms with Crippen molar-refractivity contribution in [3.05, 3.63) is 0 Å². The lowest BCUT2D eigenvalue weighted by Gasteiger charge is -2.28. The first-order valence-electron chi connectivity index (χ1n) is 5.55. The molecule has 0 spiro atoms. The van der Waals surface area contributed by atoms with E-state index in [1.54, 1.807) is 0 Å². The predicted octanol–water partition coefficient (Wildman–Crippen LogP) is -2.53. The molecule has 0 aromatic rings. The molecule has 0 radical (unpaired) electrons. The van der Waals surface area contributed by atoms with E-state index in [-0.39, 0.29) is 6.10 Å². The molecule has 1 rings (SSSR count). The summed E-state index contributed by atoms with van der Waals surface area (Å²) in [4.78, 5) is 10.2. The van der Waals surface area contributed by atoms with E-state index in [1.807, 2.05) is 0 Å². The van der Waals surface area contributed by atoms with Crippen molar-refractivity contribution in [3.63, 3.8) is 0 Å². The molecule has 8 heteroatoms. The van der Waals surface area contributed by atoms with Gasteiger partial charge in [-0.2, -0.15) is 11.8 Å². The van der Waals surface area contributed by atoms with E-state index in [1.165, 1.54) is 11.8 Å². The maximum absolute atomic E-state index is 10.2. The highest BCUT2D eigenvalue weighted by molar-refractivity contribution is 8.00. The van der Waals surface area contributed by atoms with E-state index in [9.17, 15) is 25.2 Å². The van der Waals surface area contributed by atoms with Crippen LogP contribution in [0.4, 0.5) is 0 Å². The van der Waals surface area contributed by atoms with E-state index in [2.05, 4.69) is 0 Å². The summed E-state index contributed by atoms with van der Waals surface area (Å²) in [5.74, 6) is 0.506. The molecule has 106 valence electrons. The Bertz CT molecular complexity index is 265. The lowest BCUT2D eigenvalue weighted by atomic mass is 9.98. The minimum Gasteiger partial charge on any atom is -0.464 e. The van der Waals surface area contributed by atoms with Crippen LogP contribution in [0.15, 0.2) is 0 Å². The summed E-state index contributed by atoms with van der Waals surface area (Å²) in [6.07, 6.45) is -5.94. The van der Waals surface area contributed by atoms with Crippen molar-refractivity contribution in [3.8, 4) is 0 Å². The number of carbonyl (C=O) groups excluding carboxylic acids is 1. The van der Waals surface area contributed by atoms with Gasteiger partial charge < -0.3 is 30.3 Å². The van der Waals surface area contributed by atoms with Gasteiger partial charge in [0.15, 0.2) is 0 Å². The van der Waals surface area contributed by atoms with Crippen LogP contribution in [0.3, 0.4) is 0 Å². The van der Waals surface area contributed by atoms with Crippen LogP contribution in [0.1, 0.15) is 6.42 Å². The second kappa shape index (κ2) is 7.27. The second-order valence-electron chi connectivity index (χ2n) is 4.18. The summed E-state index contributed by atoms with van der Waals surface area (Å²) in [5.41, 5.74) is 0. The third kappa shape index (κ3) is 3.81. The minimum atomic E-state index is -1.63. The molecule has 5 N–H and O–H groups in total. The van der Waals surface area contributed by atoms with Crippen LogP contribution in [0, 0.1) is 0 Å². The van der Waals surface area contributed by atoms with Crippen molar-refractivity contribution in [2.75, 3.05) is 12.4 Å². The van der Waals surface area contributed by atoms with Gasteiger partial charge in [0.25, 0.3) is 6.47 Å². The summed E-state index contributed by atoms with van der Waals surface area (Å²) in [7, 11) is 0. The monoisotopic (exact) mass is 282 g/mol. The first-order valence-corrected chi connectivity index (χ1v) is 6.60. The van der Waals surface area contributed by atoms with Gasteiger partial charge in [-0.05, 0) is 6.42 Å². The van der Waals surface area contributed by atoms with Gasteiger partial charge in [-0.25, -0.2) is 0 Å². The molecule has 0 saturated carbocycles. The fourth-order valence-electron chi connectivity index (χ4n) is 1.80. The minimum absolute atomic E-state index is 0.320. The quantitative estimate of drug-likeness (QED) is 0.323. The highest BCUT2D eigenvalue weighted by atomic mass is 32.2. The average Bonchev–Trinajstić information content (AvgIpc) is 2.84. The second-order valence-corrected chi connectivity index (χ2v) is 5.46. The van der Waals surface area contributed by atoms with E-state index < -0.39 is 36.3 Å². The summed E-state index contributed by atoms with van der Waals surface area (Å²) in [5, 5.41) is 46.4. The van der Waals surface area contributed by atoms with Gasteiger partial charge in [0.05, 0.1) is 12.7 Å². The molecule has 0 aromatic heterocycles. The average molecular weight is 282 g/mol. The lowest BCUT2D eigenvalue weighted by molar-refractivity contribution is -0.133. The van der Waals surface area contributed by atoms with Crippen LogP contribution in [0.2, 0.25) is 0 Å². The summed E-state index contributed by atoms with van der Waals surface area (Å²) in [6.45, 7) is -0.375. The molecule has 0 aliphatic carbocycles. The molecule has 7 nitrogen and oxygen atoms in total. The largest absolute Gasteiger partial charge is 0.464 e. The first kappa shape index (κ1) is 15.7. The highest BCUT2D eigenvalue weighted by Gasteiger charge is 2.39. The zero-order valence-corrected chi connectivity index (χ0v) is 10.4. The fourth-order valence-corrected chi connectivity index (χ4v) is 3.18. The maximum Gasteiger partial charge on any atom is 0.293 e. The molecule has 0 bridgehead atoms. The van der Waals surface area contributed by atoms with Crippen molar-refractivity contribution in [2.45, 2.75) is 42.2 Å². The molecule has 6 atom stereocenters. The van der Waals surface area contributed by atoms with Gasteiger partial charge in [0.1, 0.15) is 24.4 Å². The van der Waals surface area contributed by atoms with Gasteiger partial charge in [-0.1, -0.05) is 0 Å². The number of hydrogen-bond donors (Lipinski definition) is 5. The van der Waals surface area contributed by atoms with Gasteiger partial charge >= 0.3 is 0 Å². The highest BCUT2D eigenvalue weighted by Crippen LogP contribution is 2.32. The molecule has 1 heterocycles. The van der Waals surface area contributed by atoms with E-state index in [0.29, 0.717) is 18.6 Å². The Hall–Kier alpha value is -0.380. The summed E-state index contributed by atoms with van der Waals surface area (Å²) in [6, 6.07) is 0. The number of ether oxygens (including phenoxy) is 1. The molecule has 6 unspecified atom stereocenters. The molecular formula is C10H18O7S. The van der Waals surface area contributed by atoms with Crippen molar-refractivity contribution in [2.24, 2.45) is 0 Å². The molecule has 0 aromatic carbocycles. The van der Waals surface area contributed by atoms with Gasteiger partial charge in [-0.15, -0.1) is 0 Å². The van der Waals surface area contributed by atoms with Crippen LogP contribution < -0.4 is 0 Å². The van der Waals surface area contributed by atoms with Crippen LogP contribution >= 0.6 is 11.8 Å². The molecule has 18 heavy (non-hydrogen) atoms. The third-order valence-corrected chi connectivity index (χ3v) is 4.37. The zero-order valence-electron chi connectivity index (χ0n) is 9.62. The fraction of sp³-hybridized carbons (Fsp3) is 0.900. The summed E-state index contributed by atoms with van der Waals surface area (Å²) < 4.78 is 4.75. The van der Waals surface area contributed by atoms with Crippen LogP contribution in [-0.4, -0.2) is 80.1 Å². The van der Waals surface area contributed by atoms with Crippen molar-refractivity contribution in [1.29, 1.82) is 0 Å². The number of rotatable bonds is 7. The van der Waals surface area contributed by atoms with Crippen molar-refractivity contribution < 1.29 is 35.1 Å². The Morgan fingerprint density at radius 2 is 1.94 bits per heavy atom. The summed E-state index contributed by atoms with van der Waals surface area (Å²) >= 11 is 1.31. The molecule has 1 aliphatic heterocycles. The Labute approximate surface area is 108 Å². The van der Waals surface area contributed by atoms with Crippen molar-refractivity contribution in [1.82, 2.24) is 0 Å². The molecule has 1 fully saturated rings. The first-order chi connectivity index (χ1) is 8.51. The standard InChI is InChI=1S/C10H18O7S/c11-2-6(13)8(14)10(16)9(15)7-1-5(3-18-7)17-4-12/h4-11,13-16H,1-3H2. The molecular weight excluding hydrogens is 264 g/mol. The SMILES string of the molecule is O=COC1CSC(C(O)C(O)C(O)C(O)CO)C1. The van der Waals surface area contributed by atoms with E-state index in [4.69, 9.17) is 9.84 Å². The third-order valence-electron chi connectivity index (χ3n) is 2.90. The van der Waals surface area contributed by atoms with Gasteiger partial charge in [-0.3, -0.25) is 4.79 Å². The van der Waals surface area contributed by atoms with Crippen LogP contribution in [0.25, 0.3) is 0 Å². The topological polar surface area (TPSA) is 127 Å². The van der Waals surface area contributed by atoms with Gasteiger partial charge in [0.2, 0.25) is 0 Å². The molecule has 1 saturated heterocycles. The van der Waals surface area contributed by atoms with Gasteiger partial charge in [0, 0.05) is 11.0 Å². The number of carbonyl (C=O) groups is 1. The van der Waals surface area contributed by atoms with Crippen LogP contribution in [-0.2, 0) is 9.53 Å².